The van der Waals surface area contributed by atoms with E-state index < -0.39 is 0 Å². The lowest BCUT2D eigenvalue weighted by Crippen LogP contribution is -2.43. The molecule has 2 aromatic carbocycles. The van der Waals surface area contributed by atoms with E-state index in [4.69, 9.17) is 22.3 Å². The third-order valence-electron chi connectivity index (χ3n) is 5.07. The molecule has 0 aliphatic heterocycles. The van der Waals surface area contributed by atoms with E-state index in [1.165, 1.54) is 12.8 Å². The summed E-state index contributed by atoms with van der Waals surface area (Å²) < 4.78 is 2.21. The number of nitrogens with one attached hydrogen (secondary N) is 1. The van der Waals surface area contributed by atoms with Crippen molar-refractivity contribution in [2.75, 3.05) is 5.32 Å². The van der Waals surface area contributed by atoms with E-state index >= 15 is 0 Å². The Morgan fingerprint density at radius 2 is 1.84 bits per heavy atom. The molecule has 1 aliphatic rings. The summed E-state index contributed by atoms with van der Waals surface area (Å²) in [5.41, 5.74) is 9.51. The van der Waals surface area contributed by atoms with Gasteiger partial charge in [-0.25, -0.2) is 4.98 Å². The highest BCUT2D eigenvalue weighted by atomic mass is 35.5. The van der Waals surface area contributed by atoms with Crippen LogP contribution in [0, 0.1) is 0 Å². The van der Waals surface area contributed by atoms with Gasteiger partial charge in [-0.3, -0.25) is 0 Å². The van der Waals surface area contributed by atoms with Gasteiger partial charge in [0, 0.05) is 17.1 Å². The predicted molar refractivity (Wildman–Crippen MR) is 104 cm³/mol. The van der Waals surface area contributed by atoms with Crippen LogP contribution < -0.4 is 11.1 Å². The number of nitrogens with two attached hydrogens (primary N) is 1. The molecular formula is C20H23ClN4. The smallest absolute Gasteiger partial charge is 0.204 e. The van der Waals surface area contributed by atoms with Crippen LogP contribution in [0.4, 0.5) is 5.95 Å². The van der Waals surface area contributed by atoms with E-state index in [0.29, 0.717) is 6.54 Å². The van der Waals surface area contributed by atoms with Crippen molar-refractivity contribution in [3.05, 3.63) is 59.1 Å². The van der Waals surface area contributed by atoms with Crippen molar-refractivity contribution >= 4 is 28.6 Å². The van der Waals surface area contributed by atoms with Gasteiger partial charge in [0.15, 0.2) is 0 Å². The summed E-state index contributed by atoms with van der Waals surface area (Å²) in [5.74, 6) is 0.878. The molecule has 1 aliphatic carbocycles. The van der Waals surface area contributed by atoms with Crippen molar-refractivity contribution in [2.45, 2.75) is 44.3 Å². The molecule has 0 spiro atoms. The van der Waals surface area contributed by atoms with Crippen molar-refractivity contribution in [3.8, 4) is 0 Å². The molecule has 1 saturated carbocycles. The van der Waals surface area contributed by atoms with Gasteiger partial charge < -0.3 is 15.6 Å². The molecule has 0 radical (unpaired) electrons. The molecular weight excluding hydrogens is 332 g/mol. The van der Waals surface area contributed by atoms with E-state index in [9.17, 15) is 0 Å². The van der Waals surface area contributed by atoms with Crippen molar-refractivity contribution in [3.63, 3.8) is 0 Å². The van der Waals surface area contributed by atoms with Crippen molar-refractivity contribution in [1.82, 2.24) is 9.55 Å². The second-order valence-corrected chi connectivity index (χ2v) is 7.21. The summed E-state index contributed by atoms with van der Waals surface area (Å²) in [6.07, 6.45) is 4.60. The summed E-state index contributed by atoms with van der Waals surface area (Å²) in [6.45, 7) is 0.685. The second-order valence-electron chi connectivity index (χ2n) is 6.80. The third kappa shape index (κ3) is 3.37. The zero-order valence-electron chi connectivity index (χ0n) is 14.2. The van der Waals surface area contributed by atoms with Crippen LogP contribution in [-0.2, 0) is 6.54 Å². The first-order valence-corrected chi connectivity index (χ1v) is 9.31. The van der Waals surface area contributed by atoms with Gasteiger partial charge in [-0.2, -0.15) is 0 Å². The molecule has 3 N–H and O–H groups in total. The van der Waals surface area contributed by atoms with Gasteiger partial charge in [0.05, 0.1) is 17.6 Å². The highest BCUT2D eigenvalue weighted by Gasteiger charge is 2.23. The molecule has 1 aromatic heterocycles. The number of hydrogen-bond acceptors (Lipinski definition) is 3. The minimum absolute atomic E-state index is 0.183. The van der Waals surface area contributed by atoms with Crippen LogP contribution in [-0.4, -0.2) is 21.6 Å². The van der Waals surface area contributed by atoms with Gasteiger partial charge in [0.2, 0.25) is 5.95 Å². The molecule has 25 heavy (non-hydrogen) atoms. The van der Waals surface area contributed by atoms with Crippen LogP contribution >= 0.6 is 11.6 Å². The molecule has 1 fully saturated rings. The molecule has 5 heteroatoms. The Morgan fingerprint density at radius 1 is 1.08 bits per heavy atom. The van der Waals surface area contributed by atoms with E-state index in [0.717, 1.165) is 40.4 Å². The number of para-hydroxylation sites is 2. The molecule has 2 unspecified atom stereocenters. The maximum Gasteiger partial charge on any atom is 0.204 e. The van der Waals surface area contributed by atoms with Crippen molar-refractivity contribution in [1.29, 1.82) is 0 Å². The number of nitrogens with zero attached hydrogens (tertiary/aromatic N) is 2. The zero-order valence-corrected chi connectivity index (χ0v) is 14.9. The average Bonchev–Trinajstić information content (AvgIpc) is 2.96. The number of halogens is 1. The summed E-state index contributed by atoms with van der Waals surface area (Å²) in [6, 6.07) is 16.6. The summed E-state index contributed by atoms with van der Waals surface area (Å²) in [7, 11) is 0. The van der Waals surface area contributed by atoms with Gasteiger partial charge in [0.25, 0.3) is 0 Å². The lowest BCUT2D eigenvalue weighted by Gasteiger charge is -2.29. The first-order chi connectivity index (χ1) is 12.2. The number of fused-ring (bicyclic) bond motifs is 1. The van der Waals surface area contributed by atoms with Crippen LogP contribution in [0.1, 0.15) is 31.2 Å². The van der Waals surface area contributed by atoms with Gasteiger partial charge in [0.1, 0.15) is 0 Å². The van der Waals surface area contributed by atoms with E-state index in [1.807, 2.05) is 36.4 Å². The lowest BCUT2D eigenvalue weighted by atomic mass is 9.91. The van der Waals surface area contributed by atoms with Crippen molar-refractivity contribution < 1.29 is 0 Å². The Hall–Kier alpha value is -2.04. The SMILES string of the molecule is NC1CCCCC1Nc1nc2ccccc2n1Cc1ccccc1Cl. The fraction of sp³-hybridized carbons (Fsp3) is 0.350. The Kier molecular flexibility index (Phi) is 4.64. The van der Waals surface area contributed by atoms with Crippen LogP contribution in [0.3, 0.4) is 0 Å². The Bertz CT molecular complexity index is 873. The zero-order chi connectivity index (χ0) is 17.2. The summed E-state index contributed by atoms with van der Waals surface area (Å²) in [5, 5.41) is 4.39. The normalized spacial score (nSPS) is 20.7. The number of hydrogen-bond donors (Lipinski definition) is 2. The number of benzene rings is 2. The molecule has 3 aromatic rings. The molecule has 1 heterocycles. The fourth-order valence-corrected chi connectivity index (χ4v) is 3.84. The number of anilines is 1. The molecule has 0 saturated heterocycles. The topological polar surface area (TPSA) is 55.9 Å². The molecule has 2 atom stereocenters. The standard InChI is InChI=1S/C20H23ClN4/c21-15-8-2-1-7-14(15)13-25-19-12-6-5-11-18(19)24-20(25)23-17-10-4-3-9-16(17)22/h1-2,5-8,11-12,16-17H,3-4,9-10,13,22H2,(H,23,24). The molecule has 0 amide bonds. The second kappa shape index (κ2) is 7.06. The molecule has 4 nitrogen and oxygen atoms in total. The van der Waals surface area contributed by atoms with Crippen molar-refractivity contribution in [2.24, 2.45) is 5.73 Å². The molecule has 130 valence electrons. The van der Waals surface area contributed by atoms with E-state index in [2.05, 4.69) is 22.0 Å². The number of aromatic nitrogens is 2. The maximum absolute atomic E-state index is 6.39. The average molecular weight is 355 g/mol. The molecule has 4 rings (SSSR count). The fourth-order valence-electron chi connectivity index (χ4n) is 3.65. The predicted octanol–water partition coefficient (Wildman–Crippen LogP) is 4.42. The van der Waals surface area contributed by atoms with Crippen LogP contribution in [0.25, 0.3) is 11.0 Å². The molecule has 0 bridgehead atoms. The van der Waals surface area contributed by atoms with Gasteiger partial charge in [-0.15, -0.1) is 0 Å². The van der Waals surface area contributed by atoms with Crippen LogP contribution in [0.5, 0.6) is 0 Å². The van der Waals surface area contributed by atoms with Gasteiger partial charge >= 0.3 is 0 Å². The quantitative estimate of drug-likeness (QED) is 0.729. The Labute approximate surface area is 153 Å². The summed E-state index contributed by atoms with van der Waals surface area (Å²) in [4.78, 5) is 4.82. The highest BCUT2D eigenvalue weighted by Crippen LogP contribution is 2.26. The van der Waals surface area contributed by atoms with Gasteiger partial charge in [-0.05, 0) is 36.6 Å². The Morgan fingerprint density at radius 3 is 2.68 bits per heavy atom. The monoisotopic (exact) mass is 354 g/mol. The van der Waals surface area contributed by atoms with Gasteiger partial charge in [-0.1, -0.05) is 54.8 Å². The maximum atomic E-state index is 6.39. The first-order valence-electron chi connectivity index (χ1n) is 8.93. The van der Waals surface area contributed by atoms with E-state index in [1.54, 1.807) is 0 Å². The minimum Gasteiger partial charge on any atom is -0.351 e. The summed E-state index contributed by atoms with van der Waals surface area (Å²) >= 11 is 6.39. The van der Waals surface area contributed by atoms with Crippen LogP contribution in [0.15, 0.2) is 48.5 Å². The Balaban J connectivity index is 1.72. The first kappa shape index (κ1) is 16.4. The number of imidazole rings is 1. The van der Waals surface area contributed by atoms with Crippen LogP contribution in [0.2, 0.25) is 5.02 Å². The number of rotatable bonds is 4. The minimum atomic E-state index is 0.183. The highest BCUT2D eigenvalue weighted by molar-refractivity contribution is 6.31. The van der Waals surface area contributed by atoms with E-state index in [-0.39, 0.29) is 12.1 Å². The largest absolute Gasteiger partial charge is 0.351 e. The third-order valence-corrected chi connectivity index (χ3v) is 5.44. The lowest BCUT2D eigenvalue weighted by molar-refractivity contribution is 0.401.